The van der Waals surface area contributed by atoms with E-state index in [-0.39, 0.29) is 5.96 Å². The topological polar surface area (TPSA) is 76.4 Å². The Bertz CT molecular complexity index is 604. The van der Waals surface area contributed by atoms with Crippen LogP contribution in [0.5, 0.6) is 0 Å². The lowest BCUT2D eigenvalue weighted by atomic mass is 10.1. The third-order valence-corrected chi connectivity index (χ3v) is 3.44. The van der Waals surface area contributed by atoms with Gasteiger partial charge in [-0.15, -0.1) is 0 Å². The van der Waals surface area contributed by atoms with E-state index in [1.807, 2.05) is 36.4 Å². The van der Waals surface area contributed by atoms with Crippen LogP contribution in [-0.4, -0.2) is 5.96 Å². The molecule has 0 saturated carbocycles. The van der Waals surface area contributed by atoms with Crippen LogP contribution in [0.3, 0.4) is 0 Å². The highest BCUT2D eigenvalue weighted by Gasteiger charge is 1.99. The predicted octanol–water partition coefficient (Wildman–Crippen LogP) is 2.40. The van der Waals surface area contributed by atoms with Gasteiger partial charge in [0.2, 0.25) is 0 Å². The van der Waals surface area contributed by atoms with Gasteiger partial charge in [-0.25, -0.2) is 4.99 Å². The number of guanidine groups is 1. The molecule has 21 heavy (non-hydrogen) atoms. The molecule has 5 heteroatoms. The van der Waals surface area contributed by atoms with Crippen molar-refractivity contribution in [3.05, 3.63) is 70.2 Å². The van der Waals surface area contributed by atoms with Crippen molar-refractivity contribution in [1.29, 1.82) is 0 Å². The molecular formula is C16H19ClN4. The smallest absolute Gasteiger partial charge is 0.186 e. The van der Waals surface area contributed by atoms with Gasteiger partial charge in [-0.05, 0) is 22.8 Å². The number of rotatable bonds is 6. The zero-order valence-corrected chi connectivity index (χ0v) is 12.5. The highest BCUT2D eigenvalue weighted by Crippen LogP contribution is 2.14. The summed E-state index contributed by atoms with van der Waals surface area (Å²) < 4.78 is 0. The second-order valence-corrected chi connectivity index (χ2v) is 5.16. The molecule has 110 valence electrons. The highest BCUT2D eigenvalue weighted by molar-refractivity contribution is 6.31. The quantitative estimate of drug-likeness (QED) is 0.566. The summed E-state index contributed by atoms with van der Waals surface area (Å²) in [6, 6.07) is 16.0. The van der Waals surface area contributed by atoms with E-state index < -0.39 is 0 Å². The Morgan fingerprint density at radius 2 is 1.62 bits per heavy atom. The molecule has 0 atom stereocenters. The van der Waals surface area contributed by atoms with Gasteiger partial charge in [-0.3, -0.25) is 0 Å². The summed E-state index contributed by atoms with van der Waals surface area (Å²) in [5.74, 6) is 0.112. The van der Waals surface area contributed by atoms with Gasteiger partial charge in [0.25, 0.3) is 0 Å². The third-order valence-electron chi connectivity index (χ3n) is 3.07. The molecule has 0 unspecified atom stereocenters. The fraction of sp³-hybridized carbons (Fsp3) is 0.188. The molecule has 5 N–H and O–H groups in total. The number of nitrogens with one attached hydrogen (secondary N) is 1. The molecule has 0 saturated heterocycles. The highest BCUT2D eigenvalue weighted by atomic mass is 35.5. The number of aliphatic imine (C=N–C) groups is 1. The Morgan fingerprint density at radius 3 is 2.29 bits per heavy atom. The van der Waals surface area contributed by atoms with Crippen LogP contribution in [0, 0.1) is 0 Å². The Balaban J connectivity index is 1.84. The normalized spacial score (nSPS) is 10.3. The van der Waals surface area contributed by atoms with Gasteiger partial charge in [-0.2, -0.15) is 0 Å². The maximum absolute atomic E-state index is 6.11. The standard InChI is InChI=1S/C16H19ClN4/c17-15-4-2-1-3-14(15)11-20-9-12-5-7-13(8-6-12)10-21-16(18)19/h1-8,20H,9-11H2,(H4,18,19,21). The van der Waals surface area contributed by atoms with Crippen LogP contribution in [0.2, 0.25) is 5.02 Å². The van der Waals surface area contributed by atoms with Gasteiger partial charge >= 0.3 is 0 Å². The Morgan fingerprint density at radius 1 is 0.952 bits per heavy atom. The van der Waals surface area contributed by atoms with E-state index >= 15 is 0 Å². The summed E-state index contributed by atoms with van der Waals surface area (Å²) >= 11 is 6.11. The molecule has 0 spiro atoms. The minimum absolute atomic E-state index is 0.112. The third kappa shape index (κ3) is 5.10. The van der Waals surface area contributed by atoms with Gasteiger partial charge < -0.3 is 16.8 Å². The lowest BCUT2D eigenvalue weighted by molar-refractivity contribution is 0.693. The molecule has 0 aromatic heterocycles. The van der Waals surface area contributed by atoms with E-state index in [1.54, 1.807) is 0 Å². The fourth-order valence-corrected chi connectivity index (χ4v) is 2.13. The molecule has 2 aromatic carbocycles. The van der Waals surface area contributed by atoms with Crippen LogP contribution >= 0.6 is 11.6 Å². The van der Waals surface area contributed by atoms with Crippen LogP contribution in [-0.2, 0) is 19.6 Å². The van der Waals surface area contributed by atoms with Crippen molar-refractivity contribution < 1.29 is 0 Å². The summed E-state index contributed by atoms with van der Waals surface area (Å²) in [5, 5.41) is 4.17. The van der Waals surface area contributed by atoms with Crippen LogP contribution < -0.4 is 16.8 Å². The molecule has 2 rings (SSSR count). The summed E-state index contributed by atoms with van der Waals surface area (Å²) in [6.07, 6.45) is 0. The van der Waals surface area contributed by atoms with E-state index in [0.717, 1.165) is 29.2 Å². The molecule has 4 nitrogen and oxygen atoms in total. The summed E-state index contributed by atoms with van der Waals surface area (Å²) in [5.41, 5.74) is 14.0. The predicted molar refractivity (Wildman–Crippen MR) is 88.0 cm³/mol. The van der Waals surface area contributed by atoms with Crippen LogP contribution in [0.4, 0.5) is 0 Å². The Labute approximate surface area is 129 Å². The monoisotopic (exact) mass is 302 g/mol. The molecule has 0 aliphatic carbocycles. The second-order valence-electron chi connectivity index (χ2n) is 4.75. The van der Waals surface area contributed by atoms with E-state index in [1.165, 1.54) is 5.56 Å². The maximum Gasteiger partial charge on any atom is 0.186 e. The first-order chi connectivity index (χ1) is 10.1. The van der Waals surface area contributed by atoms with Gasteiger partial charge in [0.1, 0.15) is 0 Å². The SMILES string of the molecule is NC(N)=NCc1ccc(CNCc2ccccc2Cl)cc1. The largest absolute Gasteiger partial charge is 0.370 e. The van der Waals surface area contributed by atoms with Crippen molar-refractivity contribution >= 4 is 17.6 Å². The second kappa shape index (κ2) is 7.67. The maximum atomic E-state index is 6.11. The van der Waals surface area contributed by atoms with Crippen LogP contribution in [0.25, 0.3) is 0 Å². The van der Waals surface area contributed by atoms with E-state index in [2.05, 4.69) is 22.4 Å². The van der Waals surface area contributed by atoms with E-state index in [0.29, 0.717) is 6.54 Å². The Kier molecular flexibility index (Phi) is 5.60. The average molecular weight is 303 g/mol. The lowest BCUT2D eigenvalue weighted by Gasteiger charge is -2.07. The fourth-order valence-electron chi connectivity index (χ4n) is 1.93. The van der Waals surface area contributed by atoms with Crippen molar-refractivity contribution in [1.82, 2.24) is 5.32 Å². The van der Waals surface area contributed by atoms with Crippen LogP contribution in [0.1, 0.15) is 16.7 Å². The molecule has 0 aliphatic rings. The first-order valence-electron chi connectivity index (χ1n) is 6.72. The van der Waals surface area contributed by atoms with Crippen molar-refractivity contribution in [2.24, 2.45) is 16.5 Å². The average Bonchev–Trinajstić information content (AvgIpc) is 2.48. The van der Waals surface area contributed by atoms with Gasteiger partial charge in [0.15, 0.2) is 5.96 Å². The van der Waals surface area contributed by atoms with Gasteiger partial charge in [0.05, 0.1) is 6.54 Å². The molecular weight excluding hydrogens is 284 g/mol. The molecule has 0 heterocycles. The number of hydrogen-bond donors (Lipinski definition) is 3. The van der Waals surface area contributed by atoms with Crippen molar-refractivity contribution in [2.75, 3.05) is 0 Å². The zero-order chi connectivity index (χ0) is 15.1. The van der Waals surface area contributed by atoms with Crippen LogP contribution in [0.15, 0.2) is 53.5 Å². The molecule has 0 aliphatic heterocycles. The zero-order valence-electron chi connectivity index (χ0n) is 11.7. The van der Waals surface area contributed by atoms with Crippen molar-refractivity contribution in [2.45, 2.75) is 19.6 Å². The first kappa shape index (κ1) is 15.4. The summed E-state index contributed by atoms with van der Waals surface area (Å²) in [4.78, 5) is 3.98. The minimum Gasteiger partial charge on any atom is -0.370 e. The number of nitrogens with zero attached hydrogens (tertiary/aromatic N) is 1. The van der Waals surface area contributed by atoms with E-state index in [4.69, 9.17) is 23.1 Å². The number of hydrogen-bond acceptors (Lipinski definition) is 2. The Hall–Kier alpha value is -2.04. The molecule has 0 fully saturated rings. The number of halogens is 1. The molecule has 0 amide bonds. The first-order valence-corrected chi connectivity index (χ1v) is 7.10. The minimum atomic E-state index is 0.112. The van der Waals surface area contributed by atoms with E-state index in [9.17, 15) is 0 Å². The van der Waals surface area contributed by atoms with Gasteiger partial charge in [0, 0.05) is 18.1 Å². The number of benzene rings is 2. The lowest BCUT2D eigenvalue weighted by Crippen LogP contribution is -2.22. The molecule has 2 aromatic rings. The summed E-state index contributed by atoms with van der Waals surface area (Å²) in [6.45, 7) is 2.04. The van der Waals surface area contributed by atoms with Crippen molar-refractivity contribution in [3.8, 4) is 0 Å². The number of nitrogens with two attached hydrogens (primary N) is 2. The molecule has 0 radical (unpaired) electrons. The summed E-state index contributed by atoms with van der Waals surface area (Å²) in [7, 11) is 0. The van der Waals surface area contributed by atoms with Crippen molar-refractivity contribution in [3.63, 3.8) is 0 Å². The molecule has 0 bridgehead atoms. The van der Waals surface area contributed by atoms with Gasteiger partial charge in [-0.1, -0.05) is 54.1 Å².